The zero-order valence-electron chi connectivity index (χ0n) is 14.9. The van der Waals surface area contributed by atoms with E-state index in [-0.39, 0.29) is 11.7 Å². The van der Waals surface area contributed by atoms with E-state index >= 15 is 0 Å². The van der Waals surface area contributed by atoms with E-state index < -0.39 is 0 Å². The molecule has 5 heterocycles. The van der Waals surface area contributed by atoms with E-state index in [1.165, 1.54) is 23.3 Å². The summed E-state index contributed by atoms with van der Waals surface area (Å²) >= 11 is 1.53. The van der Waals surface area contributed by atoms with E-state index in [0.29, 0.717) is 17.7 Å². The lowest BCUT2D eigenvalue weighted by Crippen LogP contribution is -2.43. The molecule has 2 aromatic rings. The van der Waals surface area contributed by atoms with Crippen molar-refractivity contribution in [2.24, 2.45) is 5.92 Å². The third-order valence-corrected chi connectivity index (χ3v) is 6.46. The maximum atomic E-state index is 12.8. The van der Waals surface area contributed by atoms with Crippen LogP contribution in [0.1, 0.15) is 45.5 Å². The summed E-state index contributed by atoms with van der Waals surface area (Å²) in [6, 6.07) is 7.88. The van der Waals surface area contributed by atoms with Gasteiger partial charge in [0.1, 0.15) is 5.69 Å². The number of amides is 1. The fraction of sp³-hybridized carbons (Fsp3) is 0.450. The predicted octanol–water partition coefficient (Wildman–Crippen LogP) is 3.08. The van der Waals surface area contributed by atoms with E-state index in [1.54, 1.807) is 19.2 Å². The second kappa shape index (κ2) is 7.29. The molecule has 6 heteroatoms. The third kappa shape index (κ3) is 3.57. The molecule has 26 heavy (non-hydrogen) atoms. The lowest BCUT2D eigenvalue weighted by molar-refractivity contribution is 0.0730. The summed E-state index contributed by atoms with van der Waals surface area (Å²) in [6.07, 6.45) is 3.98. The number of hydrogen-bond acceptors (Lipinski definition) is 5. The van der Waals surface area contributed by atoms with E-state index in [1.807, 2.05) is 23.1 Å². The Balaban J connectivity index is 1.47. The van der Waals surface area contributed by atoms with Crippen LogP contribution in [0.2, 0.25) is 0 Å². The molecule has 0 N–H and O–H groups in total. The molecule has 1 amide bonds. The minimum absolute atomic E-state index is 0.0405. The van der Waals surface area contributed by atoms with Crippen LogP contribution in [-0.2, 0) is 6.54 Å². The lowest BCUT2D eigenvalue weighted by atomic mass is 9.94. The molecular weight excluding hydrogens is 346 g/mol. The Morgan fingerprint density at radius 1 is 1.23 bits per heavy atom. The van der Waals surface area contributed by atoms with Gasteiger partial charge in [0.05, 0.1) is 4.88 Å². The summed E-state index contributed by atoms with van der Waals surface area (Å²) < 4.78 is 0. The minimum Gasteiger partial charge on any atom is -0.335 e. The quantitative estimate of drug-likeness (QED) is 0.777. The number of aromatic nitrogens is 1. The van der Waals surface area contributed by atoms with Crippen LogP contribution in [0.25, 0.3) is 0 Å². The average Bonchev–Trinajstić information content (AvgIpc) is 2.93. The SMILES string of the molecule is CC(=O)c1cc(CN2C[C@H]3CC[C@@H]2CN(C(=O)c2ccccn2)C3)cs1. The van der Waals surface area contributed by atoms with Crippen LogP contribution in [0, 0.1) is 5.92 Å². The molecule has 0 radical (unpaired) electrons. The minimum atomic E-state index is 0.0405. The van der Waals surface area contributed by atoms with Crippen LogP contribution in [0.3, 0.4) is 0 Å². The van der Waals surface area contributed by atoms with Crippen LogP contribution in [0.5, 0.6) is 0 Å². The highest BCUT2D eigenvalue weighted by Crippen LogP contribution is 2.30. The van der Waals surface area contributed by atoms with E-state index in [0.717, 1.165) is 37.5 Å². The second-order valence-electron chi connectivity index (χ2n) is 7.33. The number of thiophene rings is 1. The summed E-state index contributed by atoms with van der Waals surface area (Å²) in [5, 5.41) is 2.09. The van der Waals surface area contributed by atoms with E-state index in [4.69, 9.17) is 0 Å². The fourth-order valence-corrected chi connectivity index (χ4v) is 4.87. The molecule has 0 aromatic carbocycles. The summed E-state index contributed by atoms with van der Waals surface area (Å²) in [7, 11) is 0. The van der Waals surface area contributed by atoms with Gasteiger partial charge in [-0.15, -0.1) is 11.3 Å². The van der Waals surface area contributed by atoms with Gasteiger partial charge in [-0.2, -0.15) is 0 Å². The topological polar surface area (TPSA) is 53.5 Å². The number of nitrogens with zero attached hydrogens (tertiary/aromatic N) is 3. The average molecular weight is 369 g/mol. The second-order valence-corrected chi connectivity index (χ2v) is 8.24. The van der Waals surface area contributed by atoms with Crippen LogP contribution in [-0.4, -0.2) is 52.2 Å². The molecule has 2 aromatic heterocycles. The Kier molecular flexibility index (Phi) is 4.87. The molecule has 0 spiro atoms. The lowest BCUT2D eigenvalue weighted by Gasteiger charge is -2.35. The molecular formula is C20H23N3O2S. The molecule has 0 aliphatic carbocycles. The number of piperidine rings is 1. The summed E-state index contributed by atoms with van der Waals surface area (Å²) in [4.78, 5) is 33.9. The highest BCUT2D eigenvalue weighted by Gasteiger charge is 2.36. The van der Waals surface area contributed by atoms with Crippen LogP contribution >= 0.6 is 11.3 Å². The fourth-order valence-electron chi connectivity index (χ4n) is 4.07. The van der Waals surface area contributed by atoms with Gasteiger partial charge in [-0.05, 0) is 54.8 Å². The number of pyridine rings is 1. The largest absolute Gasteiger partial charge is 0.335 e. The van der Waals surface area contributed by atoms with Crippen molar-refractivity contribution in [1.82, 2.24) is 14.8 Å². The highest BCUT2D eigenvalue weighted by atomic mass is 32.1. The van der Waals surface area contributed by atoms with Crippen LogP contribution < -0.4 is 0 Å². The van der Waals surface area contributed by atoms with Crippen LogP contribution in [0.4, 0.5) is 0 Å². The molecule has 3 saturated heterocycles. The van der Waals surface area contributed by atoms with E-state index in [2.05, 4.69) is 15.3 Å². The molecule has 0 unspecified atom stereocenters. The standard InChI is InChI=1S/C20H23N3O2S/c1-14(24)19-8-16(13-26-19)11-22-9-15-5-6-17(22)12-23(10-15)20(25)18-4-2-3-7-21-18/h2-4,7-8,13,15,17H,5-6,9-12H2,1H3/t15-,17-/m1/s1. The first kappa shape index (κ1) is 17.4. The Morgan fingerprint density at radius 3 is 2.85 bits per heavy atom. The molecule has 3 aliphatic rings. The highest BCUT2D eigenvalue weighted by molar-refractivity contribution is 7.12. The molecule has 5 rings (SSSR count). The number of carbonyl (C=O) groups is 2. The van der Waals surface area contributed by atoms with E-state index in [9.17, 15) is 9.59 Å². The number of carbonyl (C=O) groups excluding carboxylic acids is 2. The monoisotopic (exact) mass is 369 g/mol. The number of fused-ring (bicyclic) bond motifs is 4. The number of Topliss-reactive ketones (excluding diaryl/α,β-unsaturated/α-hetero) is 1. The summed E-state index contributed by atoms with van der Waals surface area (Å²) in [5.41, 5.74) is 1.74. The number of rotatable bonds is 4. The maximum Gasteiger partial charge on any atom is 0.272 e. The van der Waals surface area contributed by atoms with Crippen molar-refractivity contribution in [1.29, 1.82) is 0 Å². The Morgan fingerprint density at radius 2 is 2.12 bits per heavy atom. The van der Waals surface area contributed by atoms with Gasteiger partial charge >= 0.3 is 0 Å². The first-order chi connectivity index (χ1) is 12.6. The predicted molar refractivity (Wildman–Crippen MR) is 101 cm³/mol. The van der Waals surface area contributed by atoms with Crippen molar-refractivity contribution in [3.63, 3.8) is 0 Å². The molecule has 3 aliphatic heterocycles. The Bertz CT molecular complexity index is 804. The van der Waals surface area contributed by atoms with Crippen molar-refractivity contribution in [3.8, 4) is 0 Å². The normalized spacial score (nSPS) is 23.0. The van der Waals surface area contributed by atoms with Gasteiger partial charge in [0.25, 0.3) is 5.91 Å². The first-order valence-electron chi connectivity index (χ1n) is 9.13. The molecule has 5 nitrogen and oxygen atoms in total. The molecule has 0 saturated carbocycles. The van der Waals surface area contributed by atoms with Crippen molar-refractivity contribution in [2.45, 2.75) is 32.4 Å². The van der Waals surface area contributed by atoms with Crippen molar-refractivity contribution < 1.29 is 9.59 Å². The zero-order valence-corrected chi connectivity index (χ0v) is 15.7. The zero-order chi connectivity index (χ0) is 18.1. The Hall–Kier alpha value is -2.05. The third-order valence-electron chi connectivity index (χ3n) is 5.38. The van der Waals surface area contributed by atoms with Gasteiger partial charge in [-0.3, -0.25) is 19.5 Å². The summed E-state index contributed by atoms with van der Waals surface area (Å²) in [5.74, 6) is 0.678. The van der Waals surface area contributed by atoms with Crippen LogP contribution in [0.15, 0.2) is 35.8 Å². The molecule has 3 fully saturated rings. The first-order valence-corrected chi connectivity index (χ1v) is 10.0. The van der Waals surface area contributed by atoms with Gasteiger partial charge in [0.15, 0.2) is 5.78 Å². The molecule has 2 bridgehead atoms. The maximum absolute atomic E-state index is 12.8. The molecule has 2 atom stereocenters. The van der Waals surface area contributed by atoms with Gasteiger partial charge < -0.3 is 4.90 Å². The Labute approximate surface area is 157 Å². The van der Waals surface area contributed by atoms with Gasteiger partial charge in [0, 0.05) is 38.4 Å². The van der Waals surface area contributed by atoms with Gasteiger partial charge in [0.2, 0.25) is 0 Å². The van der Waals surface area contributed by atoms with Crippen molar-refractivity contribution >= 4 is 23.0 Å². The van der Waals surface area contributed by atoms with Gasteiger partial charge in [-0.25, -0.2) is 0 Å². The van der Waals surface area contributed by atoms with Crippen molar-refractivity contribution in [3.05, 3.63) is 52.0 Å². The molecule has 136 valence electrons. The summed E-state index contributed by atoms with van der Waals surface area (Å²) in [6.45, 7) is 5.06. The van der Waals surface area contributed by atoms with Gasteiger partial charge in [-0.1, -0.05) is 6.07 Å². The van der Waals surface area contributed by atoms with Crippen molar-refractivity contribution in [2.75, 3.05) is 19.6 Å². The number of ketones is 1. The smallest absolute Gasteiger partial charge is 0.272 e. The number of hydrogen-bond donors (Lipinski definition) is 0.